The van der Waals surface area contributed by atoms with Gasteiger partial charge in [-0.05, 0) is 31.7 Å². The van der Waals surface area contributed by atoms with Gasteiger partial charge in [0, 0.05) is 6.61 Å². The molecule has 1 aliphatic rings. The van der Waals surface area contributed by atoms with Crippen molar-refractivity contribution in [1.82, 2.24) is 15.5 Å². The van der Waals surface area contributed by atoms with Crippen LogP contribution in [0.2, 0.25) is 0 Å². The van der Waals surface area contributed by atoms with Gasteiger partial charge in [-0.25, -0.2) is 0 Å². The molecular weight excluding hydrogens is 230 g/mol. The Morgan fingerprint density at radius 2 is 2.28 bits per heavy atom. The Hall–Kier alpha value is -0.940. The van der Waals surface area contributed by atoms with Gasteiger partial charge in [0.05, 0.1) is 6.04 Å². The molecular formula is C13H23N3O2. The van der Waals surface area contributed by atoms with Crippen molar-refractivity contribution in [3.8, 4) is 0 Å². The molecule has 0 saturated carbocycles. The van der Waals surface area contributed by atoms with Gasteiger partial charge in [0.2, 0.25) is 11.7 Å². The fraction of sp³-hybridized carbons (Fsp3) is 0.846. The van der Waals surface area contributed by atoms with Crippen LogP contribution in [0.5, 0.6) is 0 Å². The molecule has 1 unspecified atom stereocenters. The van der Waals surface area contributed by atoms with E-state index in [1.54, 1.807) is 0 Å². The highest BCUT2D eigenvalue weighted by Crippen LogP contribution is 2.35. The standard InChI is InChI=1S/C13H23N3O2/c1-5-17-10(13(2,3)4)11-15-12(18-16-11)9-7-6-8-14-9/h9-10,14H,5-8H2,1-4H3/t9-,10?/m0/s1. The van der Waals surface area contributed by atoms with Crippen LogP contribution in [0.1, 0.15) is 64.4 Å². The minimum atomic E-state index is -0.124. The van der Waals surface area contributed by atoms with Crippen LogP contribution in [0.4, 0.5) is 0 Å². The number of hydrogen-bond acceptors (Lipinski definition) is 5. The summed E-state index contributed by atoms with van der Waals surface area (Å²) < 4.78 is 11.1. The molecule has 2 rings (SSSR count). The van der Waals surface area contributed by atoms with Gasteiger partial charge < -0.3 is 14.6 Å². The maximum absolute atomic E-state index is 5.76. The Morgan fingerprint density at radius 1 is 1.50 bits per heavy atom. The number of nitrogens with zero attached hydrogens (tertiary/aromatic N) is 2. The summed E-state index contributed by atoms with van der Waals surface area (Å²) in [5, 5.41) is 7.45. The third-order valence-corrected chi connectivity index (χ3v) is 3.17. The predicted molar refractivity (Wildman–Crippen MR) is 68.1 cm³/mol. The molecule has 0 bridgehead atoms. The summed E-state index contributed by atoms with van der Waals surface area (Å²) in [5.41, 5.74) is -0.0414. The first-order valence-corrected chi connectivity index (χ1v) is 6.71. The monoisotopic (exact) mass is 253 g/mol. The van der Waals surface area contributed by atoms with Crippen LogP contribution in [-0.4, -0.2) is 23.3 Å². The van der Waals surface area contributed by atoms with Crippen molar-refractivity contribution in [2.75, 3.05) is 13.2 Å². The van der Waals surface area contributed by atoms with Crippen molar-refractivity contribution in [3.05, 3.63) is 11.7 Å². The fourth-order valence-corrected chi connectivity index (χ4v) is 2.27. The molecule has 102 valence electrons. The van der Waals surface area contributed by atoms with Gasteiger partial charge in [-0.15, -0.1) is 0 Å². The topological polar surface area (TPSA) is 60.2 Å². The highest BCUT2D eigenvalue weighted by molar-refractivity contribution is 5.00. The molecule has 5 nitrogen and oxygen atoms in total. The molecule has 1 N–H and O–H groups in total. The molecule has 0 spiro atoms. The Labute approximate surface area is 108 Å². The van der Waals surface area contributed by atoms with Crippen LogP contribution < -0.4 is 5.32 Å². The summed E-state index contributed by atoms with van der Waals surface area (Å²) in [6.45, 7) is 10.0. The third kappa shape index (κ3) is 2.90. The molecule has 0 aliphatic carbocycles. The molecule has 1 aliphatic heterocycles. The number of aromatic nitrogens is 2. The molecule has 0 aromatic carbocycles. The number of hydrogen-bond donors (Lipinski definition) is 1. The average Bonchev–Trinajstić information content (AvgIpc) is 2.94. The number of nitrogens with one attached hydrogen (secondary N) is 1. The smallest absolute Gasteiger partial charge is 0.243 e. The van der Waals surface area contributed by atoms with E-state index in [-0.39, 0.29) is 17.6 Å². The normalized spacial score (nSPS) is 22.3. The molecule has 2 heterocycles. The van der Waals surface area contributed by atoms with E-state index in [0.717, 1.165) is 19.4 Å². The highest BCUT2D eigenvalue weighted by atomic mass is 16.5. The molecule has 1 saturated heterocycles. The van der Waals surface area contributed by atoms with E-state index in [2.05, 4.69) is 36.2 Å². The maximum Gasteiger partial charge on any atom is 0.243 e. The Balaban J connectivity index is 2.15. The SMILES string of the molecule is CCOC(c1noc([C@@H]2CCCN2)n1)C(C)(C)C. The Bertz CT molecular complexity index is 378. The summed E-state index contributed by atoms with van der Waals surface area (Å²) in [7, 11) is 0. The first kappa shape index (κ1) is 13.5. The number of rotatable bonds is 4. The first-order chi connectivity index (χ1) is 8.52. The van der Waals surface area contributed by atoms with Crippen LogP contribution in [0.15, 0.2) is 4.52 Å². The quantitative estimate of drug-likeness (QED) is 0.893. The maximum atomic E-state index is 5.76. The average molecular weight is 253 g/mol. The third-order valence-electron chi connectivity index (χ3n) is 3.17. The second-order valence-corrected chi connectivity index (χ2v) is 5.84. The van der Waals surface area contributed by atoms with Gasteiger partial charge >= 0.3 is 0 Å². The molecule has 2 atom stereocenters. The van der Waals surface area contributed by atoms with Crippen molar-refractivity contribution in [2.24, 2.45) is 5.41 Å². The zero-order valence-corrected chi connectivity index (χ0v) is 11.7. The fourth-order valence-electron chi connectivity index (χ4n) is 2.27. The van der Waals surface area contributed by atoms with Crippen LogP contribution in [-0.2, 0) is 4.74 Å². The molecule has 1 fully saturated rings. The van der Waals surface area contributed by atoms with Crippen LogP contribution in [0.25, 0.3) is 0 Å². The summed E-state index contributed by atoms with van der Waals surface area (Å²) in [5.74, 6) is 1.35. The molecule has 0 radical (unpaired) electrons. The van der Waals surface area contributed by atoms with Crippen molar-refractivity contribution >= 4 is 0 Å². The van der Waals surface area contributed by atoms with Gasteiger partial charge in [0.25, 0.3) is 0 Å². The number of ether oxygens (including phenoxy) is 1. The minimum Gasteiger partial charge on any atom is -0.370 e. The summed E-state index contributed by atoms with van der Waals surface area (Å²) in [4.78, 5) is 4.51. The van der Waals surface area contributed by atoms with E-state index in [1.807, 2.05) is 6.92 Å². The van der Waals surface area contributed by atoms with Crippen molar-refractivity contribution in [3.63, 3.8) is 0 Å². The highest BCUT2D eigenvalue weighted by Gasteiger charge is 2.32. The van der Waals surface area contributed by atoms with Crippen molar-refractivity contribution in [1.29, 1.82) is 0 Å². The van der Waals surface area contributed by atoms with E-state index in [0.29, 0.717) is 18.3 Å². The zero-order chi connectivity index (χ0) is 13.2. The Morgan fingerprint density at radius 3 is 2.83 bits per heavy atom. The lowest BCUT2D eigenvalue weighted by Gasteiger charge is -2.27. The van der Waals surface area contributed by atoms with E-state index in [9.17, 15) is 0 Å². The predicted octanol–water partition coefficient (Wildman–Crippen LogP) is 2.62. The molecule has 1 aromatic rings. The van der Waals surface area contributed by atoms with Crippen LogP contribution in [0.3, 0.4) is 0 Å². The minimum absolute atomic E-state index is 0.0414. The summed E-state index contributed by atoms with van der Waals surface area (Å²) >= 11 is 0. The van der Waals surface area contributed by atoms with E-state index < -0.39 is 0 Å². The van der Waals surface area contributed by atoms with Crippen molar-refractivity contribution in [2.45, 2.75) is 52.7 Å². The van der Waals surface area contributed by atoms with E-state index in [4.69, 9.17) is 9.26 Å². The lowest BCUT2D eigenvalue weighted by Crippen LogP contribution is -2.23. The molecule has 0 amide bonds. The first-order valence-electron chi connectivity index (χ1n) is 6.71. The summed E-state index contributed by atoms with van der Waals surface area (Å²) in [6.07, 6.45) is 2.11. The molecule has 5 heteroatoms. The van der Waals surface area contributed by atoms with Crippen LogP contribution >= 0.6 is 0 Å². The largest absolute Gasteiger partial charge is 0.370 e. The lowest BCUT2D eigenvalue weighted by molar-refractivity contribution is -0.0203. The lowest BCUT2D eigenvalue weighted by atomic mass is 9.88. The summed E-state index contributed by atoms with van der Waals surface area (Å²) in [6, 6.07) is 0.216. The van der Waals surface area contributed by atoms with E-state index >= 15 is 0 Å². The van der Waals surface area contributed by atoms with Gasteiger partial charge in [-0.1, -0.05) is 25.9 Å². The zero-order valence-electron chi connectivity index (χ0n) is 11.7. The van der Waals surface area contributed by atoms with Gasteiger partial charge in [-0.3, -0.25) is 0 Å². The van der Waals surface area contributed by atoms with Gasteiger partial charge in [0.1, 0.15) is 6.10 Å². The molecule has 18 heavy (non-hydrogen) atoms. The second kappa shape index (κ2) is 5.36. The van der Waals surface area contributed by atoms with Crippen molar-refractivity contribution < 1.29 is 9.26 Å². The van der Waals surface area contributed by atoms with Crippen LogP contribution in [0, 0.1) is 5.41 Å². The molecule has 1 aromatic heterocycles. The van der Waals surface area contributed by atoms with Gasteiger partial charge in [-0.2, -0.15) is 4.98 Å². The second-order valence-electron chi connectivity index (χ2n) is 5.84. The van der Waals surface area contributed by atoms with Gasteiger partial charge in [0.15, 0.2) is 0 Å². The Kier molecular flexibility index (Phi) is 4.02. The van der Waals surface area contributed by atoms with E-state index in [1.165, 1.54) is 0 Å².